The van der Waals surface area contributed by atoms with Crippen LogP contribution in [0.5, 0.6) is 0 Å². The van der Waals surface area contributed by atoms with Crippen molar-refractivity contribution in [3.05, 3.63) is 10.4 Å². The van der Waals surface area contributed by atoms with Crippen LogP contribution in [0.3, 0.4) is 0 Å². The molecule has 1 aromatic rings. The average Bonchev–Trinajstić information content (AvgIpc) is 2.68. The summed E-state index contributed by atoms with van der Waals surface area (Å²) >= 11 is 1.19. The van der Waals surface area contributed by atoms with Gasteiger partial charge >= 0.3 is 0 Å². The van der Waals surface area contributed by atoms with Gasteiger partial charge in [0, 0.05) is 20.1 Å². The molecule has 0 radical (unpaired) electrons. The maximum atomic E-state index is 11.7. The van der Waals surface area contributed by atoms with E-state index in [9.17, 15) is 9.59 Å². The first-order chi connectivity index (χ1) is 8.47. The van der Waals surface area contributed by atoms with Crippen molar-refractivity contribution in [1.29, 1.82) is 0 Å². The Morgan fingerprint density at radius 2 is 1.89 bits per heavy atom. The fourth-order valence-corrected chi connectivity index (χ4v) is 2.99. The highest BCUT2D eigenvalue weighted by molar-refractivity contribution is 7.19. The zero-order chi connectivity index (χ0) is 13.9. The van der Waals surface area contributed by atoms with Gasteiger partial charge in [0.25, 0.3) is 11.8 Å². The first kappa shape index (κ1) is 14.3. The van der Waals surface area contributed by atoms with Crippen LogP contribution in [-0.4, -0.2) is 32.0 Å². The van der Waals surface area contributed by atoms with Crippen molar-refractivity contribution in [3.8, 4) is 0 Å². The number of primary amides is 1. The van der Waals surface area contributed by atoms with Crippen molar-refractivity contribution in [2.24, 2.45) is 5.73 Å². The molecule has 0 unspecified atom stereocenters. The lowest BCUT2D eigenvalue weighted by Crippen LogP contribution is -2.24. The third-order valence-electron chi connectivity index (χ3n) is 2.66. The standard InChI is InChI=1S/C11H18N4O2S/c1-4-15(5-2)11-6(9(13)16)7(12)8(18-11)10(17)14-3/h4-5,12H2,1-3H3,(H2,13,16)(H,14,17). The maximum absolute atomic E-state index is 11.7. The predicted molar refractivity (Wildman–Crippen MR) is 74.2 cm³/mol. The fraction of sp³-hybridized carbons (Fsp3) is 0.455. The zero-order valence-electron chi connectivity index (χ0n) is 10.7. The van der Waals surface area contributed by atoms with E-state index in [0.717, 1.165) is 0 Å². The quantitative estimate of drug-likeness (QED) is 0.730. The highest BCUT2D eigenvalue weighted by Crippen LogP contribution is 2.37. The predicted octanol–water partition coefficient (Wildman–Crippen LogP) is 0.635. The molecule has 18 heavy (non-hydrogen) atoms. The van der Waals surface area contributed by atoms with Crippen molar-refractivity contribution in [2.45, 2.75) is 13.8 Å². The first-order valence-corrected chi connectivity index (χ1v) is 6.48. The zero-order valence-corrected chi connectivity index (χ0v) is 11.6. The molecular formula is C11H18N4O2S. The molecule has 2 amide bonds. The van der Waals surface area contributed by atoms with E-state index in [1.165, 1.54) is 18.4 Å². The van der Waals surface area contributed by atoms with Crippen LogP contribution in [0.1, 0.15) is 33.9 Å². The summed E-state index contributed by atoms with van der Waals surface area (Å²) in [6.45, 7) is 5.35. The number of nitrogen functional groups attached to an aromatic ring is 1. The van der Waals surface area contributed by atoms with E-state index < -0.39 is 5.91 Å². The lowest BCUT2D eigenvalue weighted by Gasteiger charge is -2.19. The second-order valence-electron chi connectivity index (χ2n) is 3.64. The number of rotatable bonds is 5. The molecule has 0 saturated heterocycles. The van der Waals surface area contributed by atoms with E-state index in [1.54, 1.807) is 0 Å². The van der Waals surface area contributed by atoms with Gasteiger partial charge in [-0.05, 0) is 13.8 Å². The maximum Gasteiger partial charge on any atom is 0.263 e. The Morgan fingerprint density at radius 1 is 1.33 bits per heavy atom. The molecule has 0 saturated carbocycles. The molecule has 5 N–H and O–H groups in total. The van der Waals surface area contributed by atoms with E-state index in [1.807, 2.05) is 18.7 Å². The SMILES string of the molecule is CCN(CC)c1sc(C(=O)NC)c(N)c1C(N)=O. The van der Waals surface area contributed by atoms with Gasteiger partial charge in [0.2, 0.25) is 0 Å². The van der Waals surface area contributed by atoms with Crippen LogP contribution in [0.4, 0.5) is 10.7 Å². The first-order valence-electron chi connectivity index (χ1n) is 5.66. The van der Waals surface area contributed by atoms with Crippen LogP contribution < -0.4 is 21.7 Å². The normalized spacial score (nSPS) is 10.2. The van der Waals surface area contributed by atoms with E-state index in [0.29, 0.717) is 23.0 Å². The van der Waals surface area contributed by atoms with E-state index in [2.05, 4.69) is 5.32 Å². The largest absolute Gasteiger partial charge is 0.397 e. The van der Waals surface area contributed by atoms with Gasteiger partial charge in [-0.25, -0.2) is 0 Å². The number of carbonyl (C=O) groups is 2. The number of nitrogens with zero attached hydrogens (tertiary/aromatic N) is 1. The van der Waals surface area contributed by atoms with Crippen LogP contribution >= 0.6 is 11.3 Å². The van der Waals surface area contributed by atoms with Gasteiger partial charge in [0.05, 0.1) is 11.3 Å². The minimum atomic E-state index is -0.610. The summed E-state index contributed by atoms with van der Waals surface area (Å²) in [5.74, 6) is -0.917. The molecule has 0 aliphatic carbocycles. The summed E-state index contributed by atoms with van der Waals surface area (Å²) in [6, 6.07) is 0. The Balaban J connectivity index is 3.41. The van der Waals surface area contributed by atoms with Gasteiger partial charge in [-0.15, -0.1) is 11.3 Å². The van der Waals surface area contributed by atoms with Crippen molar-refractivity contribution >= 4 is 33.8 Å². The third-order valence-corrected chi connectivity index (χ3v) is 3.92. The van der Waals surface area contributed by atoms with Crippen LogP contribution in [0.25, 0.3) is 0 Å². The molecule has 6 nitrogen and oxygen atoms in total. The number of amides is 2. The smallest absolute Gasteiger partial charge is 0.263 e. The highest BCUT2D eigenvalue weighted by atomic mass is 32.1. The van der Waals surface area contributed by atoms with E-state index in [4.69, 9.17) is 11.5 Å². The molecule has 0 aliphatic heterocycles. The molecule has 1 heterocycles. The number of hydrogen-bond acceptors (Lipinski definition) is 5. The van der Waals surface area contributed by atoms with Crippen molar-refractivity contribution in [2.75, 3.05) is 30.8 Å². The molecule has 0 aliphatic rings. The second kappa shape index (κ2) is 5.72. The number of hydrogen-bond donors (Lipinski definition) is 3. The molecular weight excluding hydrogens is 252 g/mol. The highest BCUT2D eigenvalue weighted by Gasteiger charge is 2.25. The molecule has 0 bridgehead atoms. The van der Waals surface area contributed by atoms with Crippen LogP contribution in [0.15, 0.2) is 0 Å². The molecule has 1 aromatic heterocycles. The summed E-state index contributed by atoms with van der Waals surface area (Å²) in [7, 11) is 1.52. The van der Waals surface area contributed by atoms with Crippen LogP contribution in [0, 0.1) is 0 Å². The third kappa shape index (κ3) is 2.40. The molecule has 0 fully saturated rings. The number of anilines is 2. The van der Waals surface area contributed by atoms with Gasteiger partial charge in [0.15, 0.2) is 0 Å². The summed E-state index contributed by atoms with van der Waals surface area (Å²) < 4.78 is 0. The van der Waals surface area contributed by atoms with Gasteiger partial charge in [0.1, 0.15) is 9.88 Å². The molecule has 0 spiro atoms. The Morgan fingerprint density at radius 3 is 2.28 bits per heavy atom. The minimum Gasteiger partial charge on any atom is -0.397 e. The molecule has 100 valence electrons. The molecule has 0 atom stereocenters. The second-order valence-corrected chi connectivity index (χ2v) is 4.64. The van der Waals surface area contributed by atoms with Crippen LogP contribution in [0.2, 0.25) is 0 Å². The van der Waals surface area contributed by atoms with Gasteiger partial charge in [-0.2, -0.15) is 0 Å². The lowest BCUT2D eigenvalue weighted by atomic mass is 10.2. The Hall–Kier alpha value is -1.76. The summed E-state index contributed by atoms with van der Waals surface area (Å²) in [4.78, 5) is 25.4. The van der Waals surface area contributed by atoms with Crippen molar-refractivity contribution < 1.29 is 9.59 Å². The number of carbonyl (C=O) groups excluding carboxylic acids is 2. The van der Waals surface area contributed by atoms with E-state index in [-0.39, 0.29) is 17.2 Å². The van der Waals surface area contributed by atoms with E-state index >= 15 is 0 Å². The summed E-state index contributed by atoms with van der Waals surface area (Å²) in [5.41, 5.74) is 11.6. The van der Waals surface area contributed by atoms with Crippen molar-refractivity contribution in [3.63, 3.8) is 0 Å². The molecule has 0 aromatic carbocycles. The summed E-state index contributed by atoms with van der Waals surface area (Å²) in [6.07, 6.45) is 0. The van der Waals surface area contributed by atoms with Gasteiger partial charge in [-0.3, -0.25) is 9.59 Å². The number of nitrogens with two attached hydrogens (primary N) is 2. The fourth-order valence-electron chi connectivity index (χ4n) is 1.69. The van der Waals surface area contributed by atoms with Gasteiger partial charge in [-0.1, -0.05) is 0 Å². The number of nitrogens with one attached hydrogen (secondary N) is 1. The molecule has 1 rings (SSSR count). The Labute approximate surface area is 110 Å². The van der Waals surface area contributed by atoms with Crippen molar-refractivity contribution in [1.82, 2.24) is 5.32 Å². The molecule has 7 heteroatoms. The average molecular weight is 270 g/mol. The number of thiophene rings is 1. The Bertz CT molecular complexity index is 466. The Kier molecular flexibility index (Phi) is 4.55. The minimum absolute atomic E-state index is 0.161. The van der Waals surface area contributed by atoms with Gasteiger partial charge < -0.3 is 21.7 Å². The summed E-state index contributed by atoms with van der Waals surface area (Å²) in [5, 5.41) is 3.15. The topological polar surface area (TPSA) is 101 Å². The monoisotopic (exact) mass is 270 g/mol. The van der Waals surface area contributed by atoms with Crippen LogP contribution in [-0.2, 0) is 0 Å². The lowest BCUT2D eigenvalue weighted by molar-refractivity contribution is 0.0967.